The lowest BCUT2D eigenvalue weighted by Gasteiger charge is -2.25. The summed E-state index contributed by atoms with van der Waals surface area (Å²) in [5.74, 6) is 0.230. The number of unbranched alkanes of at least 4 members (excludes halogenated alkanes) is 2. The first-order valence-electron chi connectivity index (χ1n) is 12.7. The number of ether oxygens (including phenoxy) is 1. The first kappa shape index (κ1) is 30.0. The Balaban J connectivity index is 2.20. The van der Waals surface area contributed by atoms with Gasteiger partial charge < -0.3 is 14.7 Å². The van der Waals surface area contributed by atoms with Crippen LogP contribution in [0.1, 0.15) is 61.8 Å². The van der Waals surface area contributed by atoms with Crippen LogP contribution < -0.4 is 4.90 Å². The van der Waals surface area contributed by atoms with Gasteiger partial charge in [-0.15, -0.1) is 11.3 Å². The molecule has 0 amide bonds. The van der Waals surface area contributed by atoms with Crippen LogP contribution in [0.4, 0.5) is 5.69 Å². The Morgan fingerprint density at radius 3 is 2.11 bits per heavy atom. The van der Waals surface area contributed by atoms with Gasteiger partial charge in [-0.05, 0) is 67.8 Å². The minimum absolute atomic E-state index is 0.0286. The summed E-state index contributed by atoms with van der Waals surface area (Å²) < 4.78 is 5.15. The zero-order chi connectivity index (χ0) is 27.9. The van der Waals surface area contributed by atoms with Crippen LogP contribution >= 0.6 is 11.3 Å². The van der Waals surface area contributed by atoms with Crippen molar-refractivity contribution in [2.24, 2.45) is 0 Å². The van der Waals surface area contributed by atoms with E-state index in [0.717, 1.165) is 59.8 Å². The topological polar surface area (TPSA) is 104 Å². The fourth-order valence-electron chi connectivity index (χ4n) is 3.72. The number of aromatic hydroxyl groups is 1. The highest BCUT2D eigenvalue weighted by Crippen LogP contribution is 2.28. The average molecular weight is 527 g/mol. The lowest BCUT2D eigenvalue weighted by atomic mass is 10.0. The maximum absolute atomic E-state index is 10.7. The van der Waals surface area contributed by atoms with Crippen LogP contribution in [0.3, 0.4) is 0 Å². The van der Waals surface area contributed by atoms with Gasteiger partial charge in [0.25, 0.3) is 0 Å². The number of nitriles is 3. The molecule has 0 aliphatic carbocycles. The Labute approximate surface area is 230 Å². The van der Waals surface area contributed by atoms with Crippen molar-refractivity contribution >= 4 is 35.3 Å². The Kier molecular flexibility index (Phi) is 12.4. The minimum atomic E-state index is -0.244. The molecule has 2 aromatic rings. The second kappa shape index (κ2) is 15.8. The zero-order valence-corrected chi connectivity index (χ0v) is 23.3. The van der Waals surface area contributed by atoms with E-state index in [1.54, 1.807) is 36.5 Å². The normalized spacial score (nSPS) is 11.5. The number of anilines is 1. The van der Waals surface area contributed by atoms with Crippen LogP contribution in [0.5, 0.6) is 5.75 Å². The molecule has 0 fully saturated rings. The third-order valence-electron chi connectivity index (χ3n) is 5.90. The number of thiophene rings is 1. The van der Waals surface area contributed by atoms with Crippen LogP contribution in [0.15, 0.2) is 58.9 Å². The smallest absolute Gasteiger partial charge is 0.172 e. The van der Waals surface area contributed by atoms with Gasteiger partial charge in [0.2, 0.25) is 0 Å². The molecular weight excluding hydrogens is 492 g/mol. The number of phenols is 1. The van der Waals surface area contributed by atoms with E-state index in [9.17, 15) is 10.4 Å². The number of hydrogen-bond donors (Lipinski definition) is 1. The molecule has 38 heavy (non-hydrogen) atoms. The SMILES string of the molecule is CCCCN(CCCC)c1ccc(/C=C/c2ccc(/C=C/C(C)=C(\C#N)C(OC)=C(C#N)C#N)s2)c(O)c1. The minimum Gasteiger partial charge on any atom is -0.507 e. The Morgan fingerprint density at radius 1 is 0.947 bits per heavy atom. The number of hydrogen-bond acceptors (Lipinski definition) is 7. The molecule has 196 valence electrons. The number of rotatable bonds is 13. The molecule has 2 rings (SSSR count). The Morgan fingerprint density at radius 2 is 1.58 bits per heavy atom. The van der Waals surface area contributed by atoms with Crippen LogP contribution in [0.2, 0.25) is 0 Å². The predicted molar refractivity (Wildman–Crippen MR) is 156 cm³/mol. The van der Waals surface area contributed by atoms with Gasteiger partial charge in [0.15, 0.2) is 11.3 Å². The molecule has 0 saturated carbocycles. The van der Waals surface area contributed by atoms with Crippen LogP contribution in [0, 0.1) is 34.0 Å². The molecule has 0 aliphatic heterocycles. The fraction of sp³-hybridized carbons (Fsp3) is 0.323. The molecule has 1 N–H and O–H groups in total. The second-order valence-electron chi connectivity index (χ2n) is 8.65. The lowest BCUT2D eigenvalue weighted by Crippen LogP contribution is -2.25. The molecule has 7 heteroatoms. The molecule has 0 spiro atoms. The Bertz CT molecular complexity index is 1320. The molecule has 0 unspecified atom stereocenters. The number of phenolic OH excluding ortho intramolecular Hbond substituents is 1. The molecule has 1 heterocycles. The molecule has 0 radical (unpaired) electrons. The zero-order valence-electron chi connectivity index (χ0n) is 22.5. The highest BCUT2D eigenvalue weighted by molar-refractivity contribution is 7.13. The number of nitrogens with zero attached hydrogens (tertiary/aromatic N) is 4. The summed E-state index contributed by atoms with van der Waals surface area (Å²) in [6, 6.07) is 15.4. The van der Waals surface area contributed by atoms with E-state index in [0.29, 0.717) is 5.57 Å². The van der Waals surface area contributed by atoms with Crippen LogP contribution in [0.25, 0.3) is 18.2 Å². The largest absolute Gasteiger partial charge is 0.507 e. The molecular formula is C31H34N4O2S. The van der Waals surface area contributed by atoms with Crippen molar-refractivity contribution in [1.29, 1.82) is 15.8 Å². The van der Waals surface area contributed by atoms with Crippen molar-refractivity contribution in [3.8, 4) is 24.0 Å². The van der Waals surface area contributed by atoms with E-state index in [2.05, 4.69) is 24.8 Å². The van der Waals surface area contributed by atoms with E-state index in [1.807, 2.05) is 48.6 Å². The predicted octanol–water partition coefficient (Wildman–Crippen LogP) is 7.83. The number of benzene rings is 1. The summed E-state index contributed by atoms with van der Waals surface area (Å²) in [5.41, 5.74) is 2.28. The third-order valence-corrected chi connectivity index (χ3v) is 6.92. The molecule has 0 atom stereocenters. The summed E-state index contributed by atoms with van der Waals surface area (Å²) in [6.45, 7) is 8.08. The van der Waals surface area contributed by atoms with Crippen molar-refractivity contribution in [2.45, 2.75) is 46.5 Å². The van der Waals surface area contributed by atoms with Gasteiger partial charge >= 0.3 is 0 Å². The van der Waals surface area contributed by atoms with Gasteiger partial charge in [0.1, 0.15) is 24.0 Å². The molecule has 6 nitrogen and oxygen atoms in total. The van der Waals surface area contributed by atoms with Gasteiger partial charge in [-0.2, -0.15) is 15.8 Å². The average Bonchev–Trinajstić information content (AvgIpc) is 3.39. The standard InChI is InChI=1S/C31H34N4O2S/c1-5-7-17-35(18-8-6-2)26-12-10-24(30(36)19-26)11-14-28-16-15-27(38-28)13-9-23(3)29(22-34)31(37-4)25(20-32)21-33/h9-16,19,36H,5-8,17-18H2,1-4H3/b13-9+,14-11+,29-23+. The van der Waals surface area contributed by atoms with E-state index in [4.69, 9.17) is 15.3 Å². The quantitative estimate of drug-likeness (QED) is 0.162. The molecule has 0 saturated heterocycles. The van der Waals surface area contributed by atoms with Gasteiger partial charge in [-0.3, -0.25) is 0 Å². The van der Waals surface area contributed by atoms with Crippen molar-refractivity contribution in [2.75, 3.05) is 25.1 Å². The Hall–Kier alpha value is -4.25. The number of allylic oxidation sites excluding steroid dienone is 4. The maximum Gasteiger partial charge on any atom is 0.172 e. The summed E-state index contributed by atoms with van der Waals surface area (Å²) in [5, 5.41) is 38.5. The van der Waals surface area contributed by atoms with E-state index in [-0.39, 0.29) is 22.7 Å². The first-order valence-corrected chi connectivity index (χ1v) is 13.5. The highest BCUT2D eigenvalue weighted by Gasteiger charge is 2.14. The van der Waals surface area contributed by atoms with Gasteiger partial charge in [-0.1, -0.05) is 32.8 Å². The lowest BCUT2D eigenvalue weighted by molar-refractivity contribution is 0.301. The van der Waals surface area contributed by atoms with Crippen molar-refractivity contribution in [3.05, 3.63) is 74.2 Å². The van der Waals surface area contributed by atoms with Gasteiger partial charge in [0, 0.05) is 40.2 Å². The fourth-order valence-corrected chi connectivity index (χ4v) is 4.54. The molecule has 0 aliphatic rings. The summed E-state index contributed by atoms with van der Waals surface area (Å²) in [7, 11) is 1.33. The maximum atomic E-state index is 10.7. The monoisotopic (exact) mass is 526 g/mol. The molecule has 0 bridgehead atoms. The van der Waals surface area contributed by atoms with E-state index in [1.165, 1.54) is 7.11 Å². The van der Waals surface area contributed by atoms with E-state index >= 15 is 0 Å². The van der Waals surface area contributed by atoms with Crippen molar-refractivity contribution in [3.63, 3.8) is 0 Å². The van der Waals surface area contributed by atoms with Gasteiger partial charge in [-0.25, -0.2) is 0 Å². The van der Waals surface area contributed by atoms with E-state index < -0.39 is 0 Å². The first-order chi connectivity index (χ1) is 18.4. The molecule has 1 aromatic heterocycles. The van der Waals surface area contributed by atoms with Gasteiger partial charge in [0.05, 0.1) is 12.7 Å². The third kappa shape index (κ3) is 8.41. The summed E-state index contributed by atoms with van der Waals surface area (Å²) in [6.07, 6.45) is 12.0. The van der Waals surface area contributed by atoms with Crippen LogP contribution in [-0.2, 0) is 4.74 Å². The summed E-state index contributed by atoms with van der Waals surface area (Å²) >= 11 is 1.56. The van der Waals surface area contributed by atoms with Crippen molar-refractivity contribution in [1.82, 2.24) is 0 Å². The van der Waals surface area contributed by atoms with Crippen molar-refractivity contribution < 1.29 is 9.84 Å². The van der Waals surface area contributed by atoms with Crippen LogP contribution in [-0.4, -0.2) is 25.3 Å². The molecule has 1 aromatic carbocycles. The highest BCUT2D eigenvalue weighted by atomic mass is 32.1. The second-order valence-corrected chi connectivity index (χ2v) is 9.79. The number of methoxy groups -OCH3 is 1. The summed E-state index contributed by atoms with van der Waals surface area (Å²) in [4.78, 5) is 4.32.